The van der Waals surface area contributed by atoms with E-state index in [9.17, 15) is 4.79 Å². The third-order valence-electron chi connectivity index (χ3n) is 2.23. The molecule has 13 heavy (non-hydrogen) atoms. The van der Waals surface area contributed by atoms with Crippen LogP contribution in [0.15, 0.2) is 0 Å². The zero-order valence-corrected chi connectivity index (χ0v) is 9.47. The highest BCUT2D eigenvalue weighted by molar-refractivity contribution is 5.58. The normalized spacial score (nSPS) is 12.1. The second-order valence-electron chi connectivity index (χ2n) is 4.33. The molecule has 2 nitrogen and oxygen atoms in total. The largest absolute Gasteiger partial charge is 0.303 e. The predicted molar refractivity (Wildman–Crippen MR) is 56.9 cm³/mol. The van der Waals surface area contributed by atoms with Crippen LogP contribution in [0, 0.1) is 5.41 Å². The van der Waals surface area contributed by atoms with Crippen molar-refractivity contribution in [3.8, 4) is 0 Å². The summed E-state index contributed by atoms with van der Waals surface area (Å²) in [7, 11) is 0. The van der Waals surface area contributed by atoms with Gasteiger partial charge in [-0.1, -0.05) is 34.1 Å². The highest BCUT2D eigenvalue weighted by Gasteiger charge is 2.19. The van der Waals surface area contributed by atoms with Crippen molar-refractivity contribution in [2.24, 2.45) is 5.41 Å². The van der Waals surface area contributed by atoms with E-state index in [0.717, 1.165) is 25.9 Å². The second-order valence-corrected chi connectivity index (χ2v) is 4.33. The number of aldehydes is 1. The quantitative estimate of drug-likeness (QED) is 0.567. The minimum Gasteiger partial charge on any atom is -0.303 e. The molecule has 0 heterocycles. The molecule has 0 spiro atoms. The molecular formula is C11H23NO. The fourth-order valence-electron chi connectivity index (χ4n) is 1.34. The summed E-state index contributed by atoms with van der Waals surface area (Å²) in [6.07, 6.45) is 3.50. The Kier molecular flexibility index (Phi) is 5.97. The van der Waals surface area contributed by atoms with Crippen molar-refractivity contribution in [2.45, 2.75) is 40.5 Å². The molecule has 0 fully saturated rings. The molecule has 0 aromatic rings. The van der Waals surface area contributed by atoms with E-state index in [-0.39, 0.29) is 5.41 Å². The van der Waals surface area contributed by atoms with Crippen LogP contribution in [0.4, 0.5) is 0 Å². The molecule has 0 unspecified atom stereocenters. The molecule has 2 heteroatoms. The summed E-state index contributed by atoms with van der Waals surface area (Å²) in [5.74, 6) is 0. The van der Waals surface area contributed by atoms with Crippen molar-refractivity contribution < 1.29 is 4.79 Å². The van der Waals surface area contributed by atoms with Gasteiger partial charge in [0.15, 0.2) is 0 Å². The maximum Gasteiger partial charge on any atom is 0.126 e. The third-order valence-corrected chi connectivity index (χ3v) is 2.23. The van der Waals surface area contributed by atoms with Crippen molar-refractivity contribution in [2.75, 3.05) is 19.6 Å². The Bertz CT molecular complexity index is 143. The molecule has 0 aliphatic rings. The van der Waals surface area contributed by atoms with Crippen LogP contribution in [0.25, 0.3) is 0 Å². The maximum absolute atomic E-state index is 10.7. The summed E-state index contributed by atoms with van der Waals surface area (Å²) in [5, 5.41) is 0. The van der Waals surface area contributed by atoms with E-state index in [4.69, 9.17) is 0 Å². The second kappa shape index (κ2) is 6.14. The first-order valence-electron chi connectivity index (χ1n) is 5.24. The fourth-order valence-corrected chi connectivity index (χ4v) is 1.34. The molecule has 0 saturated carbocycles. The van der Waals surface area contributed by atoms with Crippen LogP contribution in [0.5, 0.6) is 0 Å². The molecule has 0 radical (unpaired) electrons. The first kappa shape index (κ1) is 12.6. The van der Waals surface area contributed by atoms with E-state index in [1.165, 1.54) is 12.8 Å². The van der Waals surface area contributed by atoms with E-state index in [1.54, 1.807) is 0 Å². The van der Waals surface area contributed by atoms with Crippen LogP contribution in [0.1, 0.15) is 40.5 Å². The zero-order chi connectivity index (χ0) is 10.3. The van der Waals surface area contributed by atoms with Gasteiger partial charge in [0, 0.05) is 12.0 Å². The monoisotopic (exact) mass is 185 g/mol. The molecule has 0 aromatic carbocycles. The third kappa shape index (κ3) is 5.81. The smallest absolute Gasteiger partial charge is 0.126 e. The number of unbranched alkanes of at least 4 members (excludes halogenated alkanes) is 1. The van der Waals surface area contributed by atoms with Crippen molar-refractivity contribution in [1.29, 1.82) is 0 Å². The fraction of sp³-hybridized carbons (Fsp3) is 0.909. The van der Waals surface area contributed by atoms with Crippen LogP contribution >= 0.6 is 0 Å². The lowest BCUT2D eigenvalue weighted by Crippen LogP contribution is -2.35. The highest BCUT2D eigenvalue weighted by atomic mass is 16.1. The molecule has 0 rings (SSSR count). The van der Waals surface area contributed by atoms with Gasteiger partial charge < -0.3 is 9.69 Å². The molecule has 0 bridgehead atoms. The van der Waals surface area contributed by atoms with Gasteiger partial charge >= 0.3 is 0 Å². The number of hydrogen-bond donors (Lipinski definition) is 0. The molecule has 0 aliphatic carbocycles. The van der Waals surface area contributed by atoms with Crippen LogP contribution in [0.2, 0.25) is 0 Å². The van der Waals surface area contributed by atoms with E-state index in [1.807, 2.05) is 13.8 Å². The molecule has 0 aromatic heterocycles. The van der Waals surface area contributed by atoms with Crippen LogP contribution in [0.3, 0.4) is 0 Å². The molecule has 0 saturated heterocycles. The van der Waals surface area contributed by atoms with E-state index in [0.29, 0.717) is 0 Å². The van der Waals surface area contributed by atoms with Crippen molar-refractivity contribution >= 4 is 6.29 Å². The van der Waals surface area contributed by atoms with Gasteiger partial charge in [0.2, 0.25) is 0 Å². The summed E-state index contributed by atoms with van der Waals surface area (Å²) in [6, 6.07) is 0. The van der Waals surface area contributed by atoms with E-state index < -0.39 is 0 Å². The van der Waals surface area contributed by atoms with E-state index in [2.05, 4.69) is 18.7 Å². The first-order valence-corrected chi connectivity index (χ1v) is 5.24. The van der Waals surface area contributed by atoms with Gasteiger partial charge in [-0.15, -0.1) is 0 Å². The molecule has 0 amide bonds. The number of rotatable bonds is 7. The summed E-state index contributed by atoms with van der Waals surface area (Å²) in [5.41, 5.74) is -0.191. The Balaban J connectivity index is 3.89. The summed E-state index contributed by atoms with van der Waals surface area (Å²) in [4.78, 5) is 13.1. The maximum atomic E-state index is 10.7. The molecular weight excluding hydrogens is 162 g/mol. The Morgan fingerprint density at radius 1 is 1.31 bits per heavy atom. The van der Waals surface area contributed by atoms with Crippen molar-refractivity contribution in [1.82, 2.24) is 4.90 Å². The summed E-state index contributed by atoms with van der Waals surface area (Å²) < 4.78 is 0. The van der Waals surface area contributed by atoms with Gasteiger partial charge in [0.05, 0.1) is 0 Å². The minimum absolute atomic E-state index is 0.191. The Labute approximate surface area is 82.3 Å². The van der Waals surface area contributed by atoms with Gasteiger partial charge in [-0.25, -0.2) is 0 Å². The van der Waals surface area contributed by atoms with Gasteiger partial charge in [-0.2, -0.15) is 0 Å². The SMILES string of the molecule is CCCCN(CC)CC(C)(C)C=O. The van der Waals surface area contributed by atoms with E-state index >= 15 is 0 Å². The van der Waals surface area contributed by atoms with Gasteiger partial charge in [0.1, 0.15) is 6.29 Å². The Hall–Kier alpha value is -0.370. The summed E-state index contributed by atoms with van der Waals surface area (Å²) >= 11 is 0. The van der Waals surface area contributed by atoms with Crippen LogP contribution in [-0.2, 0) is 4.79 Å². The lowest BCUT2D eigenvalue weighted by atomic mass is 9.95. The topological polar surface area (TPSA) is 20.3 Å². The Morgan fingerprint density at radius 2 is 1.92 bits per heavy atom. The lowest BCUT2D eigenvalue weighted by molar-refractivity contribution is -0.115. The standard InChI is InChI=1S/C11H23NO/c1-5-7-8-12(6-2)9-11(3,4)10-13/h10H,5-9H2,1-4H3. The van der Waals surface area contributed by atoms with Gasteiger partial charge in [-0.05, 0) is 19.5 Å². The molecule has 78 valence electrons. The average molecular weight is 185 g/mol. The minimum atomic E-state index is -0.191. The lowest BCUT2D eigenvalue weighted by Gasteiger charge is -2.27. The van der Waals surface area contributed by atoms with Crippen LogP contribution in [-0.4, -0.2) is 30.8 Å². The summed E-state index contributed by atoms with van der Waals surface area (Å²) in [6.45, 7) is 11.4. The number of hydrogen-bond acceptors (Lipinski definition) is 2. The molecule has 0 aliphatic heterocycles. The number of carbonyl (C=O) groups is 1. The predicted octanol–water partition coefficient (Wildman–Crippen LogP) is 2.33. The zero-order valence-electron chi connectivity index (χ0n) is 9.47. The van der Waals surface area contributed by atoms with Gasteiger partial charge in [-0.3, -0.25) is 0 Å². The molecule has 0 N–H and O–H groups in total. The molecule has 0 atom stereocenters. The van der Waals surface area contributed by atoms with Gasteiger partial charge in [0.25, 0.3) is 0 Å². The number of carbonyl (C=O) groups excluding carboxylic acids is 1. The number of nitrogens with zero attached hydrogens (tertiary/aromatic N) is 1. The first-order chi connectivity index (χ1) is 6.05. The Morgan fingerprint density at radius 3 is 2.31 bits per heavy atom. The van der Waals surface area contributed by atoms with Crippen LogP contribution < -0.4 is 0 Å². The van der Waals surface area contributed by atoms with Crippen molar-refractivity contribution in [3.63, 3.8) is 0 Å². The van der Waals surface area contributed by atoms with Crippen molar-refractivity contribution in [3.05, 3.63) is 0 Å². The average Bonchev–Trinajstić information content (AvgIpc) is 2.12. The highest BCUT2D eigenvalue weighted by Crippen LogP contribution is 2.13.